The summed E-state index contributed by atoms with van der Waals surface area (Å²) in [6, 6.07) is 1.92. The van der Waals surface area contributed by atoms with E-state index in [0.29, 0.717) is 17.2 Å². The number of H-pyrrole nitrogens is 1. The quantitative estimate of drug-likeness (QED) is 0.884. The third-order valence-electron chi connectivity index (χ3n) is 3.97. The van der Waals surface area contributed by atoms with E-state index in [1.165, 1.54) is 16.9 Å². The molecule has 2 aromatic rings. The van der Waals surface area contributed by atoms with Gasteiger partial charge >= 0.3 is 0 Å². The van der Waals surface area contributed by atoms with Crippen LogP contribution in [0.3, 0.4) is 0 Å². The zero-order valence-electron chi connectivity index (χ0n) is 13.4. The highest BCUT2D eigenvalue weighted by Gasteiger charge is 2.16. The Labute approximate surface area is 139 Å². The molecular formula is C17H21N3O2S. The first-order valence-electron chi connectivity index (χ1n) is 7.99. The molecule has 122 valence electrons. The van der Waals surface area contributed by atoms with Crippen molar-refractivity contribution in [3.05, 3.63) is 49.3 Å². The number of amides is 1. The predicted octanol–water partition coefficient (Wildman–Crippen LogP) is 2.45. The van der Waals surface area contributed by atoms with Crippen LogP contribution in [0.25, 0.3) is 0 Å². The molecule has 0 aromatic carbocycles. The van der Waals surface area contributed by atoms with Gasteiger partial charge in [0.2, 0.25) is 0 Å². The molecule has 0 fully saturated rings. The SMILES string of the molecule is CC(C)Cc1nc(C(=O)NCc2cc3c([nH]c2=O)CCC3)cs1. The van der Waals surface area contributed by atoms with Gasteiger partial charge in [-0.15, -0.1) is 11.3 Å². The third-order valence-corrected chi connectivity index (χ3v) is 4.84. The van der Waals surface area contributed by atoms with Crippen LogP contribution in [0, 0.1) is 5.92 Å². The lowest BCUT2D eigenvalue weighted by Gasteiger charge is -2.06. The molecule has 0 aliphatic heterocycles. The number of hydrogen-bond acceptors (Lipinski definition) is 4. The van der Waals surface area contributed by atoms with Crippen LogP contribution in [-0.4, -0.2) is 15.9 Å². The molecule has 2 heterocycles. The van der Waals surface area contributed by atoms with Gasteiger partial charge < -0.3 is 10.3 Å². The Balaban J connectivity index is 1.65. The second-order valence-corrected chi connectivity index (χ2v) is 7.33. The van der Waals surface area contributed by atoms with E-state index in [-0.39, 0.29) is 18.0 Å². The number of aryl methyl sites for hydroxylation is 2. The molecule has 6 heteroatoms. The molecule has 1 aliphatic rings. The van der Waals surface area contributed by atoms with Crippen molar-refractivity contribution in [2.45, 2.75) is 46.1 Å². The molecular weight excluding hydrogens is 310 g/mol. The van der Waals surface area contributed by atoms with Crippen molar-refractivity contribution < 1.29 is 4.79 Å². The Morgan fingerprint density at radius 2 is 2.26 bits per heavy atom. The summed E-state index contributed by atoms with van der Waals surface area (Å²) in [5.74, 6) is 0.290. The largest absolute Gasteiger partial charge is 0.346 e. The predicted molar refractivity (Wildman–Crippen MR) is 90.9 cm³/mol. The summed E-state index contributed by atoms with van der Waals surface area (Å²) in [7, 11) is 0. The molecule has 1 aliphatic carbocycles. The van der Waals surface area contributed by atoms with Gasteiger partial charge in [-0.05, 0) is 36.8 Å². The zero-order valence-corrected chi connectivity index (χ0v) is 14.3. The Morgan fingerprint density at radius 3 is 3.04 bits per heavy atom. The number of aromatic amines is 1. The fourth-order valence-electron chi connectivity index (χ4n) is 2.82. The van der Waals surface area contributed by atoms with Gasteiger partial charge in [0.1, 0.15) is 5.69 Å². The van der Waals surface area contributed by atoms with Gasteiger partial charge in [-0.25, -0.2) is 4.98 Å². The number of carbonyl (C=O) groups is 1. The molecule has 2 aromatic heterocycles. The van der Waals surface area contributed by atoms with Crippen molar-refractivity contribution >= 4 is 17.2 Å². The second-order valence-electron chi connectivity index (χ2n) is 6.39. The van der Waals surface area contributed by atoms with E-state index in [4.69, 9.17) is 0 Å². The highest BCUT2D eigenvalue weighted by atomic mass is 32.1. The third kappa shape index (κ3) is 3.69. The van der Waals surface area contributed by atoms with Crippen molar-refractivity contribution in [1.82, 2.24) is 15.3 Å². The Kier molecular flexibility index (Phi) is 4.61. The molecule has 0 bridgehead atoms. The highest BCUT2D eigenvalue weighted by Crippen LogP contribution is 2.19. The van der Waals surface area contributed by atoms with Crippen molar-refractivity contribution in [1.29, 1.82) is 0 Å². The zero-order chi connectivity index (χ0) is 16.4. The second kappa shape index (κ2) is 6.66. The summed E-state index contributed by atoms with van der Waals surface area (Å²) in [4.78, 5) is 31.5. The van der Waals surface area contributed by atoms with Crippen LogP contribution in [0.2, 0.25) is 0 Å². The van der Waals surface area contributed by atoms with E-state index in [0.717, 1.165) is 36.4 Å². The number of carbonyl (C=O) groups excluding carboxylic acids is 1. The minimum Gasteiger partial charge on any atom is -0.346 e. The van der Waals surface area contributed by atoms with Gasteiger partial charge in [-0.3, -0.25) is 9.59 Å². The maximum atomic E-state index is 12.2. The standard InChI is InChI=1S/C17H21N3O2S/c1-10(2)6-15-19-14(9-23-15)17(22)18-8-12-7-11-4-3-5-13(11)20-16(12)21/h7,9-10H,3-6,8H2,1-2H3,(H,18,22)(H,20,21). The van der Waals surface area contributed by atoms with Gasteiger partial charge in [-0.2, -0.15) is 0 Å². The van der Waals surface area contributed by atoms with Gasteiger partial charge in [0, 0.05) is 29.6 Å². The molecule has 5 nitrogen and oxygen atoms in total. The number of nitrogens with zero attached hydrogens (tertiary/aromatic N) is 1. The lowest BCUT2D eigenvalue weighted by molar-refractivity contribution is 0.0946. The van der Waals surface area contributed by atoms with Gasteiger partial charge in [0.15, 0.2) is 0 Å². The average Bonchev–Trinajstić information content (AvgIpc) is 3.12. The molecule has 0 atom stereocenters. The van der Waals surface area contributed by atoms with Crippen molar-refractivity contribution in [3.8, 4) is 0 Å². The van der Waals surface area contributed by atoms with Crippen LogP contribution >= 0.6 is 11.3 Å². The minimum absolute atomic E-state index is 0.107. The normalized spacial score (nSPS) is 13.3. The lowest BCUT2D eigenvalue weighted by atomic mass is 10.1. The molecule has 0 saturated heterocycles. The Bertz CT molecular complexity index is 776. The monoisotopic (exact) mass is 331 g/mol. The summed E-state index contributed by atoms with van der Waals surface area (Å²) in [5, 5.41) is 5.55. The smallest absolute Gasteiger partial charge is 0.271 e. The minimum atomic E-state index is -0.226. The molecule has 0 radical (unpaired) electrons. The van der Waals surface area contributed by atoms with Crippen LogP contribution in [0.1, 0.15) is 52.6 Å². The molecule has 1 amide bonds. The van der Waals surface area contributed by atoms with E-state index in [1.54, 1.807) is 5.38 Å². The van der Waals surface area contributed by atoms with Crippen LogP contribution in [0.15, 0.2) is 16.2 Å². The number of thiazole rings is 1. The first-order valence-corrected chi connectivity index (χ1v) is 8.87. The lowest BCUT2D eigenvalue weighted by Crippen LogP contribution is -2.27. The number of nitrogens with one attached hydrogen (secondary N) is 2. The van der Waals surface area contributed by atoms with Crippen LogP contribution in [0.4, 0.5) is 0 Å². The summed E-state index contributed by atoms with van der Waals surface area (Å²) in [5.41, 5.74) is 3.18. The summed E-state index contributed by atoms with van der Waals surface area (Å²) in [6.07, 6.45) is 3.90. The van der Waals surface area contributed by atoms with Crippen molar-refractivity contribution in [2.24, 2.45) is 5.92 Å². The van der Waals surface area contributed by atoms with E-state index in [9.17, 15) is 9.59 Å². The maximum absolute atomic E-state index is 12.2. The first kappa shape index (κ1) is 15.9. The van der Waals surface area contributed by atoms with Crippen LogP contribution < -0.4 is 10.9 Å². The summed E-state index contributed by atoms with van der Waals surface area (Å²) < 4.78 is 0. The number of fused-ring (bicyclic) bond motifs is 1. The maximum Gasteiger partial charge on any atom is 0.271 e. The Morgan fingerprint density at radius 1 is 1.43 bits per heavy atom. The summed E-state index contributed by atoms with van der Waals surface area (Å²) in [6.45, 7) is 4.49. The van der Waals surface area contributed by atoms with Crippen molar-refractivity contribution in [3.63, 3.8) is 0 Å². The van der Waals surface area contributed by atoms with Gasteiger partial charge in [0.05, 0.1) is 5.01 Å². The van der Waals surface area contributed by atoms with E-state index in [2.05, 4.69) is 29.1 Å². The number of rotatable bonds is 5. The molecule has 23 heavy (non-hydrogen) atoms. The summed E-state index contributed by atoms with van der Waals surface area (Å²) >= 11 is 1.51. The van der Waals surface area contributed by atoms with E-state index < -0.39 is 0 Å². The molecule has 0 unspecified atom stereocenters. The van der Waals surface area contributed by atoms with Gasteiger partial charge in [-0.1, -0.05) is 13.8 Å². The molecule has 0 saturated carbocycles. The van der Waals surface area contributed by atoms with Crippen molar-refractivity contribution in [2.75, 3.05) is 0 Å². The molecule has 0 spiro atoms. The van der Waals surface area contributed by atoms with Gasteiger partial charge in [0.25, 0.3) is 11.5 Å². The first-order chi connectivity index (χ1) is 11.0. The highest BCUT2D eigenvalue weighted by molar-refractivity contribution is 7.09. The number of hydrogen-bond donors (Lipinski definition) is 2. The Hall–Kier alpha value is -1.95. The average molecular weight is 331 g/mol. The number of pyridine rings is 1. The van der Waals surface area contributed by atoms with Crippen LogP contribution in [0.5, 0.6) is 0 Å². The fourth-order valence-corrected chi connectivity index (χ4v) is 3.81. The molecule has 3 rings (SSSR count). The van der Waals surface area contributed by atoms with E-state index in [1.807, 2.05) is 6.07 Å². The number of aromatic nitrogens is 2. The topological polar surface area (TPSA) is 74.8 Å². The van der Waals surface area contributed by atoms with Crippen LogP contribution in [-0.2, 0) is 25.8 Å². The van der Waals surface area contributed by atoms with E-state index >= 15 is 0 Å². The fraction of sp³-hybridized carbons (Fsp3) is 0.471. The molecule has 2 N–H and O–H groups in total.